The second-order valence-electron chi connectivity index (χ2n) is 5.01. The van der Waals surface area contributed by atoms with Crippen LogP contribution in [0.1, 0.15) is 58.1 Å². The lowest BCUT2D eigenvalue weighted by Gasteiger charge is -2.28. The molecule has 1 N–H and O–H groups in total. The molecule has 0 spiro atoms. The summed E-state index contributed by atoms with van der Waals surface area (Å²) in [5, 5.41) is 3.32. The Morgan fingerprint density at radius 3 is 2.47 bits per heavy atom. The maximum Gasteiger partial charge on any atom is 0.128 e. The average Bonchev–Trinajstić information content (AvgIpc) is 2.41. The Morgan fingerprint density at radius 2 is 1.89 bits per heavy atom. The quantitative estimate of drug-likeness (QED) is 0.712. The van der Waals surface area contributed by atoms with Crippen LogP contribution >= 0.6 is 0 Å². The van der Waals surface area contributed by atoms with Crippen LogP contribution in [0.25, 0.3) is 0 Å². The summed E-state index contributed by atoms with van der Waals surface area (Å²) in [4.78, 5) is 0. The lowest BCUT2D eigenvalue weighted by atomic mass is 9.86. The standard InChI is InChI=1S/C16H25F2N/c1-4-7-8-12(5-2)16(19-6-3)14-11-13(17)9-10-15(14)18/h9-12,16,19H,4-8H2,1-3H3. The van der Waals surface area contributed by atoms with Gasteiger partial charge in [0, 0.05) is 11.6 Å². The van der Waals surface area contributed by atoms with Gasteiger partial charge in [-0.3, -0.25) is 0 Å². The minimum Gasteiger partial charge on any atom is -0.310 e. The lowest BCUT2D eigenvalue weighted by Crippen LogP contribution is -2.29. The van der Waals surface area contributed by atoms with Gasteiger partial charge in [0.1, 0.15) is 11.6 Å². The van der Waals surface area contributed by atoms with Crippen molar-refractivity contribution < 1.29 is 8.78 Å². The smallest absolute Gasteiger partial charge is 0.128 e. The van der Waals surface area contributed by atoms with Gasteiger partial charge in [-0.05, 0) is 37.1 Å². The van der Waals surface area contributed by atoms with Crippen LogP contribution in [0.5, 0.6) is 0 Å². The van der Waals surface area contributed by atoms with E-state index in [0.29, 0.717) is 11.5 Å². The van der Waals surface area contributed by atoms with Crippen molar-refractivity contribution in [3.05, 3.63) is 35.4 Å². The highest BCUT2D eigenvalue weighted by molar-refractivity contribution is 5.23. The monoisotopic (exact) mass is 269 g/mol. The lowest BCUT2D eigenvalue weighted by molar-refractivity contribution is 0.319. The maximum atomic E-state index is 14.0. The molecular formula is C16H25F2N. The van der Waals surface area contributed by atoms with Gasteiger partial charge in [0.15, 0.2) is 0 Å². The highest BCUT2D eigenvalue weighted by Crippen LogP contribution is 2.31. The number of unbranched alkanes of at least 4 members (excludes halogenated alkanes) is 1. The zero-order valence-electron chi connectivity index (χ0n) is 12.2. The summed E-state index contributed by atoms with van der Waals surface area (Å²) in [5.41, 5.74) is 0.463. The van der Waals surface area contributed by atoms with Crippen molar-refractivity contribution in [1.82, 2.24) is 5.32 Å². The molecule has 3 heteroatoms. The minimum atomic E-state index is -0.371. The molecule has 0 fully saturated rings. The summed E-state index contributed by atoms with van der Waals surface area (Å²) < 4.78 is 27.3. The van der Waals surface area contributed by atoms with E-state index in [0.717, 1.165) is 32.2 Å². The predicted molar refractivity (Wildman–Crippen MR) is 76.1 cm³/mol. The van der Waals surface area contributed by atoms with E-state index >= 15 is 0 Å². The molecule has 0 saturated carbocycles. The third-order valence-electron chi connectivity index (χ3n) is 3.64. The third-order valence-corrected chi connectivity index (χ3v) is 3.64. The fourth-order valence-electron chi connectivity index (χ4n) is 2.58. The summed E-state index contributed by atoms with van der Waals surface area (Å²) in [6, 6.07) is 3.63. The first-order valence-electron chi connectivity index (χ1n) is 7.32. The van der Waals surface area contributed by atoms with Gasteiger partial charge < -0.3 is 5.32 Å². The van der Waals surface area contributed by atoms with Crippen LogP contribution in [0, 0.1) is 17.6 Å². The Labute approximate surface area is 115 Å². The third kappa shape index (κ3) is 4.57. The molecule has 0 heterocycles. The van der Waals surface area contributed by atoms with Crippen molar-refractivity contribution in [3.63, 3.8) is 0 Å². The molecule has 1 aromatic carbocycles. The van der Waals surface area contributed by atoms with E-state index in [1.165, 1.54) is 18.2 Å². The number of rotatable bonds is 8. The number of halogens is 2. The zero-order chi connectivity index (χ0) is 14.3. The van der Waals surface area contributed by atoms with Crippen LogP contribution in [-0.2, 0) is 0 Å². The fourth-order valence-corrected chi connectivity index (χ4v) is 2.58. The van der Waals surface area contributed by atoms with Gasteiger partial charge >= 0.3 is 0 Å². The van der Waals surface area contributed by atoms with E-state index in [2.05, 4.69) is 19.2 Å². The van der Waals surface area contributed by atoms with Gasteiger partial charge in [-0.15, -0.1) is 0 Å². The number of hydrogen-bond donors (Lipinski definition) is 1. The fraction of sp³-hybridized carbons (Fsp3) is 0.625. The van der Waals surface area contributed by atoms with Gasteiger partial charge in [0.2, 0.25) is 0 Å². The first kappa shape index (κ1) is 16.1. The molecule has 0 aromatic heterocycles. The van der Waals surface area contributed by atoms with Crippen LogP contribution < -0.4 is 5.32 Å². The molecule has 1 aromatic rings. The molecule has 0 radical (unpaired) electrons. The van der Waals surface area contributed by atoms with E-state index in [1.807, 2.05) is 6.92 Å². The summed E-state index contributed by atoms with van der Waals surface area (Å²) in [7, 11) is 0. The van der Waals surface area contributed by atoms with Crippen LogP contribution in [0.15, 0.2) is 18.2 Å². The normalized spacial score (nSPS) is 14.4. The van der Waals surface area contributed by atoms with Gasteiger partial charge in [-0.25, -0.2) is 8.78 Å². The number of nitrogens with one attached hydrogen (secondary N) is 1. The van der Waals surface area contributed by atoms with Crippen LogP contribution in [0.3, 0.4) is 0 Å². The highest BCUT2D eigenvalue weighted by atomic mass is 19.1. The molecule has 2 atom stereocenters. The highest BCUT2D eigenvalue weighted by Gasteiger charge is 2.23. The largest absolute Gasteiger partial charge is 0.310 e. The number of hydrogen-bond acceptors (Lipinski definition) is 1. The van der Waals surface area contributed by atoms with E-state index in [4.69, 9.17) is 0 Å². The summed E-state index contributed by atoms with van der Waals surface area (Å²) in [6.07, 6.45) is 4.26. The Balaban J connectivity index is 2.99. The van der Waals surface area contributed by atoms with E-state index < -0.39 is 0 Å². The van der Waals surface area contributed by atoms with E-state index in [1.54, 1.807) is 0 Å². The molecule has 0 amide bonds. The summed E-state index contributed by atoms with van der Waals surface area (Å²) in [6.45, 7) is 7.01. The molecule has 0 aliphatic carbocycles. The topological polar surface area (TPSA) is 12.0 Å². The van der Waals surface area contributed by atoms with Crippen LogP contribution in [0.4, 0.5) is 8.78 Å². The minimum absolute atomic E-state index is 0.0998. The van der Waals surface area contributed by atoms with Gasteiger partial charge in [0.05, 0.1) is 0 Å². The van der Waals surface area contributed by atoms with Crippen molar-refractivity contribution in [1.29, 1.82) is 0 Å². The molecule has 0 bridgehead atoms. The Morgan fingerprint density at radius 1 is 1.16 bits per heavy atom. The molecule has 0 aliphatic rings. The van der Waals surface area contributed by atoms with Crippen molar-refractivity contribution >= 4 is 0 Å². The number of benzene rings is 1. The SMILES string of the molecule is CCCCC(CC)C(NCC)c1cc(F)ccc1F. The predicted octanol–water partition coefficient (Wildman–Crippen LogP) is 4.83. The molecule has 1 rings (SSSR count). The zero-order valence-corrected chi connectivity index (χ0v) is 12.2. The van der Waals surface area contributed by atoms with Crippen molar-refractivity contribution in [3.8, 4) is 0 Å². The van der Waals surface area contributed by atoms with Crippen molar-refractivity contribution in [2.75, 3.05) is 6.54 Å². The summed E-state index contributed by atoms with van der Waals surface area (Å²) >= 11 is 0. The van der Waals surface area contributed by atoms with Gasteiger partial charge in [0.25, 0.3) is 0 Å². The molecule has 0 aliphatic heterocycles. The summed E-state index contributed by atoms with van der Waals surface area (Å²) in [5.74, 6) is -0.344. The van der Waals surface area contributed by atoms with E-state index in [9.17, 15) is 8.78 Å². The second kappa shape index (κ2) is 8.26. The first-order valence-corrected chi connectivity index (χ1v) is 7.32. The average molecular weight is 269 g/mol. The second-order valence-corrected chi connectivity index (χ2v) is 5.01. The van der Waals surface area contributed by atoms with Gasteiger partial charge in [-0.1, -0.05) is 40.0 Å². The molecule has 108 valence electrons. The molecule has 19 heavy (non-hydrogen) atoms. The van der Waals surface area contributed by atoms with Crippen molar-refractivity contribution in [2.45, 2.75) is 52.5 Å². The van der Waals surface area contributed by atoms with E-state index in [-0.39, 0.29) is 17.7 Å². The molecule has 1 nitrogen and oxygen atoms in total. The van der Waals surface area contributed by atoms with Crippen molar-refractivity contribution in [2.24, 2.45) is 5.92 Å². The Bertz CT molecular complexity index is 379. The Hall–Kier alpha value is -0.960. The first-order chi connectivity index (χ1) is 9.13. The van der Waals surface area contributed by atoms with Crippen LogP contribution in [-0.4, -0.2) is 6.54 Å². The molecule has 2 unspecified atom stereocenters. The van der Waals surface area contributed by atoms with Crippen LogP contribution in [0.2, 0.25) is 0 Å². The molecular weight excluding hydrogens is 244 g/mol. The maximum absolute atomic E-state index is 14.0. The van der Waals surface area contributed by atoms with Gasteiger partial charge in [-0.2, -0.15) is 0 Å². The molecule has 0 saturated heterocycles. The Kier molecular flexibility index (Phi) is 7.00.